The molecule has 0 atom stereocenters. The number of fused-ring (bicyclic) bond motifs is 1. The van der Waals surface area contributed by atoms with Crippen LogP contribution in [-0.2, 0) is 20.0 Å². The lowest BCUT2D eigenvalue weighted by atomic mass is 10.2. The second-order valence-electron chi connectivity index (χ2n) is 5.63. The maximum Gasteiger partial charge on any atom is 0.134 e. The molecule has 3 aromatic rings. The Morgan fingerprint density at radius 3 is 2.76 bits per heavy atom. The molecule has 0 amide bonds. The Bertz CT molecular complexity index is 768. The maximum atomic E-state index is 5.86. The van der Waals surface area contributed by atoms with Gasteiger partial charge in [-0.1, -0.05) is 13.8 Å². The number of aryl methyl sites for hydroxylation is 3. The van der Waals surface area contributed by atoms with Crippen LogP contribution in [0.1, 0.15) is 31.4 Å². The van der Waals surface area contributed by atoms with Gasteiger partial charge >= 0.3 is 0 Å². The lowest BCUT2D eigenvalue weighted by Crippen LogP contribution is -2.10. The fourth-order valence-corrected chi connectivity index (χ4v) is 2.59. The third-order valence-electron chi connectivity index (χ3n) is 3.68. The molecule has 2 heterocycles. The van der Waals surface area contributed by atoms with Crippen LogP contribution in [0.4, 0.5) is 5.69 Å². The summed E-state index contributed by atoms with van der Waals surface area (Å²) in [6.07, 6.45) is 2.55. The van der Waals surface area contributed by atoms with Gasteiger partial charge in [0.25, 0.3) is 0 Å². The van der Waals surface area contributed by atoms with Gasteiger partial charge in [-0.05, 0) is 18.2 Å². The summed E-state index contributed by atoms with van der Waals surface area (Å²) in [5, 5.41) is 8.07. The zero-order chi connectivity index (χ0) is 15.0. The Balaban J connectivity index is 1.99. The Labute approximate surface area is 123 Å². The predicted octanol–water partition coefficient (Wildman–Crippen LogP) is 2.11. The van der Waals surface area contributed by atoms with Gasteiger partial charge in [-0.15, -0.1) is 10.2 Å². The average Bonchev–Trinajstić information content (AvgIpc) is 2.99. The summed E-state index contributed by atoms with van der Waals surface area (Å²) >= 11 is 0. The van der Waals surface area contributed by atoms with Crippen LogP contribution < -0.4 is 5.73 Å². The van der Waals surface area contributed by atoms with Gasteiger partial charge in [0.1, 0.15) is 18.0 Å². The van der Waals surface area contributed by atoms with Crippen molar-refractivity contribution in [3.63, 3.8) is 0 Å². The van der Waals surface area contributed by atoms with E-state index in [-0.39, 0.29) is 0 Å². The van der Waals surface area contributed by atoms with Crippen LogP contribution in [0, 0.1) is 0 Å². The molecule has 0 aliphatic rings. The van der Waals surface area contributed by atoms with Crippen LogP contribution in [0.25, 0.3) is 11.0 Å². The molecule has 0 radical (unpaired) electrons. The topological polar surface area (TPSA) is 74.6 Å². The minimum absolute atomic E-state index is 0.359. The van der Waals surface area contributed by atoms with Gasteiger partial charge in [0.05, 0.1) is 11.0 Å². The van der Waals surface area contributed by atoms with Crippen LogP contribution >= 0.6 is 0 Å². The molecule has 0 fully saturated rings. The van der Waals surface area contributed by atoms with Crippen LogP contribution in [0.5, 0.6) is 0 Å². The molecule has 3 rings (SSSR count). The van der Waals surface area contributed by atoms with Gasteiger partial charge in [0.2, 0.25) is 0 Å². The summed E-state index contributed by atoms with van der Waals surface area (Å²) in [5.41, 5.74) is 8.68. The van der Waals surface area contributed by atoms with Crippen molar-refractivity contribution in [3.8, 4) is 0 Å². The number of imidazole rings is 1. The first-order chi connectivity index (χ1) is 10.1. The van der Waals surface area contributed by atoms with Crippen LogP contribution in [0.2, 0.25) is 0 Å². The number of hydrogen-bond acceptors (Lipinski definition) is 4. The molecular weight excluding hydrogens is 264 g/mol. The van der Waals surface area contributed by atoms with Gasteiger partial charge in [-0.25, -0.2) is 4.98 Å². The van der Waals surface area contributed by atoms with Gasteiger partial charge in [-0.3, -0.25) is 0 Å². The molecule has 6 nitrogen and oxygen atoms in total. The highest BCUT2D eigenvalue weighted by molar-refractivity contribution is 5.79. The molecule has 0 saturated carbocycles. The molecule has 0 aliphatic carbocycles. The summed E-state index contributed by atoms with van der Waals surface area (Å²) in [4.78, 5) is 4.74. The van der Waals surface area contributed by atoms with E-state index in [2.05, 4.69) is 28.6 Å². The third-order valence-corrected chi connectivity index (χ3v) is 3.68. The van der Waals surface area contributed by atoms with Crippen molar-refractivity contribution in [1.29, 1.82) is 0 Å². The van der Waals surface area contributed by atoms with E-state index in [1.165, 1.54) is 0 Å². The second kappa shape index (κ2) is 5.20. The summed E-state index contributed by atoms with van der Waals surface area (Å²) < 4.78 is 4.21. The lowest BCUT2D eigenvalue weighted by Gasteiger charge is -2.11. The Morgan fingerprint density at radius 2 is 2.10 bits per heavy atom. The number of aromatic nitrogens is 5. The van der Waals surface area contributed by atoms with Crippen molar-refractivity contribution in [3.05, 3.63) is 36.2 Å². The molecule has 2 aromatic heterocycles. The number of nitrogen functional groups attached to an aromatic ring is 1. The molecular formula is C15H20N6. The maximum absolute atomic E-state index is 5.86. The summed E-state index contributed by atoms with van der Waals surface area (Å²) in [5.74, 6) is 2.41. The standard InChI is InChI=1S/C15H20N6/c1-10(2)15-18-12-8-11(16)4-5-13(12)21(15)7-6-14-19-17-9-20(14)3/h4-5,8-10H,6-7,16H2,1-3H3. The van der Waals surface area contributed by atoms with Crippen molar-refractivity contribution in [2.24, 2.45) is 7.05 Å². The minimum atomic E-state index is 0.359. The van der Waals surface area contributed by atoms with Crippen LogP contribution in [-0.4, -0.2) is 24.3 Å². The van der Waals surface area contributed by atoms with E-state index in [9.17, 15) is 0 Å². The van der Waals surface area contributed by atoms with Gasteiger partial charge in [0.15, 0.2) is 0 Å². The van der Waals surface area contributed by atoms with Crippen molar-refractivity contribution in [2.75, 3.05) is 5.73 Å². The molecule has 1 aromatic carbocycles. The first-order valence-electron chi connectivity index (χ1n) is 7.15. The zero-order valence-electron chi connectivity index (χ0n) is 12.6. The monoisotopic (exact) mass is 284 g/mol. The smallest absolute Gasteiger partial charge is 0.134 e. The van der Waals surface area contributed by atoms with E-state index >= 15 is 0 Å². The van der Waals surface area contributed by atoms with Crippen molar-refractivity contribution in [2.45, 2.75) is 32.7 Å². The number of hydrogen-bond donors (Lipinski definition) is 1. The normalized spacial score (nSPS) is 11.6. The van der Waals surface area contributed by atoms with E-state index < -0.39 is 0 Å². The molecule has 0 saturated heterocycles. The molecule has 110 valence electrons. The summed E-state index contributed by atoms with van der Waals surface area (Å²) in [6.45, 7) is 5.15. The van der Waals surface area contributed by atoms with Crippen LogP contribution in [0.15, 0.2) is 24.5 Å². The highest BCUT2D eigenvalue weighted by Crippen LogP contribution is 2.23. The number of rotatable bonds is 4. The van der Waals surface area contributed by atoms with E-state index in [0.717, 1.165) is 41.3 Å². The second-order valence-corrected chi connectivity index (χ2v) is 5.63. The van der Waals surface area contributed by atoms with Crippen molar-refractivity contribution >= 4 is 16.7 Å². The Kier molecular flexibility index (Phi) is 3.37. The SMILES string of the molecule is CC(C)c1nc2cc(N)ccc2n1CCc1nncn1C. The van der Waals surface area contributed by atoms with Crippen molar-refractivity contribution in [1.82, 2.24) is 24.3 Å². The number of anilines is 1. The molecule has 0 bridgehead atoms. The molecule has 6 heteroatoms. The van der Waals surface area contributed by atoms with E-state index in [0.29, 0.717) is 5.92 Å². The third kappa shape index (κ3) is 2.49. The minimum Gasteiger partial charge on any atom is -0.399 e. The Hall–Kier alpha value is -2.37. The number of benzene rings is 1. The molecule has 0 unspecified atom stereocenters. The van der Waals surface area contributed by atoms with Crippen molar-refractivity contribution < 1.29 is 0 Å². The predicted molar refractivity (Wildman–Crippen MR) is 82.9 cm³/mol. The molecule has 2 N–H and O–H groups in total. The first-order valence-corrected chi connectivity index (χ1v) is 7.15. The highest BCUT2D eigenvalue weighted by atomic mass is 15.2. The average molecular weight is 284 g/mol. The highest BCUT2D eigenvalue weighted by Gasteiger charge is 2.14. The van der Waals surface area contributed by atoms with E-state index in [1.807, 2.05) is 29.8 Å². The first kappa shape index (κ1) is 13.6. The van der Waals surface area contributed by atoms with Crippen LogP contribution in [0.3, 0.4) is 0 Å². The Morgan fingerprint density at radius 1 is 1.29 bits per heavy atom. The molecule has 0 spiro atoms. The molecule has 21 heavy (non-hydrogen) atoms. The lowest BCUT2D eigenvalue weighted by molar-refractivity contribution is 0.610. The number of nitrogens with zero attached hydrogens (tertiary/aromatic N) is 5. The molecule has 0 aliphatic heterocycles. The largest absolute Gasteiger partial charge is 0.399 e. The summed E-state index contributed by atoms with van der Waals surface area (Å²) in [7, 11) is 1.96. The van der Waals surface area contributed by atoms with E-state index in [1.54, 1.807) is 6.33 Å². The fourth-order valence-electron chi connectivity index (χ4n) is 2.59. The van der Waals surface area contributed by atoms with Gasteiger partial charge in [-0.2, -0.15) is 0 Å². The zero-order valence-corrected chi connectivity index (χ0v) is 12.6. The number of nitrogens with two attached hydrogens (primary N) is 1. The van der Waals surface area contributed by atoms with Gasteiger partial charge < -0.3 is 14.9 Å². The van der Waals surface area contributed by atoms with Gasteiger partial charge in [0, 0.05) is 31.6 Å². The van der Waals surface area contributed by atoms with E-state index in [4.69, 9.17) is 10.7 Å². The quantitative estimate of drug-likeness (QED) is 0.745. The fraction of sp³-hybridized carbons (Fsp3) is 0.400. The summed E-state index contributed by atoms with van der Waals surface area (Å²) in [6, 6.07) is 5.90.